The summed E-state index contributed by atoms with van der Waals surface area (Å²) in [6.07, 6.45) is 0.920. The quantitative estimate of drug-likeness (QED) is 0.787. The first-order valence-corrected chi connectivity index (χ1v) is 8.63. The van der Waals surface area contributed by atoms with Gasteiger partial charge < -0.3 is 25.2 Å². The van der Waals surface area contributed by atoms with Crippen molar-refractivity contribution in [3.05, 3.63) is 63.5 Å². The van der Waals surface area contributed by atoms with Gasteiger partial charge in [0.05, 0.1) is 5.69 Å². The minimum Gasteiger partial charge on any atom is -0.733 e. The van der Waals surface area contributed by atoms with Crippen molar-refractivity contribution in [2.24, 2.45) is 5.92 Å². The van der Waals surface area contributed by atoms with Gasteiger partial charge in [-0.3, -0.25) is 10.0 Å². The van der Waals surface area contributed by atoms with Crippen molar-refractivity contribution in [2.45, 2.75) is 18.9 Å². The monoisotopic (exact) mass is 373 g/mol. The highest BCUT2D eigenvalue weighted by Crippen LogP contribution is 2.35. The Morgan fingerprint density at radius 1 is 1.26 bits per heavy atom. The number of nitrogens with zero attached hydrogens (tertiary/aromatic N) is 3. The Morgan fingerprint density at radius 3 is 2.85 bits per heavy atom. The van der Waals surface area contributed by atoms with E-state index in [2.05, 4.69) is 5.32 Å². The topological polar surface area (TPSA) is 101 Å². The molecule has 2 atom stereocenters. The van der Waals surface area contributed by atoms with Crippen LogP contribution < -0.4 is 16.1 Å². The Balaban J connectivity index is 1.52. The molecule has 2 bridgehead atoms. The number of likely N-dealkylation sites (tertiary alicyclic amines) is 1. The average molecular weight is 373 g/mol. The van der Waals surface area contributed by atoms with E-state index in [0.717, 1.165) is 24.2 Å². The van der Waals surface area contributed by atoms with Gasteiger partial charge in [0.2, 0.25) is 0 Å². The van der Waals surface area contributed by atoms with Crippen LogP contribution in [0.4, 0.5) is 20.6 Å². The van der Waals surface area contributed by atoms with Crippen molar-refractivity contribution in [1.82, 2.24) is 9.47 Å². The third-order valence-corrected chi connectivity index (χ3v) is 5.17. The second kappa shape index (κ2) is 6.67. The maximum atomic E-state index is 13.5. The number of piperidine rings is 1. The predicted octanol–water partition coefficient (Wildman–Crippen LogP) is 2.33. The Bertz CT molecular complexity index is 945. The zero-order chi connectivity index (χ0) is 19.1. The molecule has 27 heavy (non-hydrogen) atoms. The lowest BCUT2D eigenvalue weighted by Gasteiger charge is -2.42. The van der Waals surface area contributed by atoms with E-state index in [-0.39, 0.29) is 29.1 Å². The second-order valence-corrected chi connectivity index (χ2v) is 6.97. The maximum Gasteiger partial charge on any atom is 0.321 e. The van der Waals surface area contributed by atoms with Crippen LogP contribution in [0.1, 0.15) is 18.0 Å². The molecule has 9 heteroatoms. The molecule has 0 aliphatic carbocycles. The lowest BCUT2D eigenvalue weighted by atomic mass is 9.83. The van der Waals surface area contributed by atoms with Crippen LogP contribution >= 0.6 is 0 Å². The molecular formula is C18H18FN4O4-. The molecule has 142 valence electrons. The maximum absolute atomic E-state index is 13.5. The van der Waals surface area contributed by atoms with Crippen LogP contribution in [0.3, 0.4) is 0 Å². The number of halogens is 1. The van der Waals surface area contributed by atoms with E-state index in [1.54, 1.807) is 21.6 Å². The SMILES string of the molecule is O=C(Nc1ccc(F)c(N([O-])O)c1)N1CC2CC(C1)c1cccc(=O)n1C2. The molecule has 0 saturated carbocycles. The molecule has 2 aliphatic rings. The molecule has 2 amide bonds. The van der Waals surface area contributed by atoms with Gasteiger partial charge in [0.25, 0.3) is 5.56 Å². The van der Waals surface area contributed by atoms with E-state index in [0.29, 0.717) is 19.6 Å². The lowest BCUT2D eigenvalue weighted by molar-refractivity contribution is 0.139. The first-order chi connectivity index (χ1) is 12.9. The van der Waals surface area contributed by atoms with Crippen molar-refractivity contribution in [2.75, 3.05) is 23.6 Å². The smallest absolute Gasteiger partial charge is 0.321 e. The largest absolute Gasteiger partial charge is 0.733 e. The molecular weight excluding hydrogens is 355 g/mol. The van der Waals surface area contributed by atoms with Gasteiger partial charge in [-0.05, 0) is 36.6 Å². The number of aromatic nitrogens is 1. The number of rotatable bonds is 2. The predicted molar refractivity (Wildman–Crippen MR) is 96.2 cm³/mol. The summed E-state index contributed by atoms with van der Waals surface area (Å²) in [7, 11) is 0. The number of hydrogen-bond donors (Lipinski definition) is 2. The van der Waals surface area contributed by atoms with Gasteiger partial charge in [0.15, 0.2) is 0 Å². The molecule has 8 nitrogen and oxygen atoms in total. The highest BCUT2D eigenvalue weighted by Gasteiger charge is 2.36. The first-order valence-electron chi connectivity index (χ1n) is 8.63. The number of anilines is 2. The van der Waals surface area contributed by atoms with Gasteiger partial charge in [-0.2, -0.15) is 0 Å². The zero-order valence-corrected chi connectivity index (χ0v) is 14.3. The van der Waals surface area contributed by atoms with E-state index in [1.165, 1.54) is 6.07 Å². The lowest BCUT2D eigenvalue weighted by Crippen LogP contribution is -2.50. The molecule has 1 fully saturated rings. The van der Waals surface area contributed by atoms with E-state index in [4.69, 9.17) is 5.21 Å². The summed E-state index contributed by atoms with van der Waals surface area (Å²) in [5.74, 6) is -0.629. The molecule has 2 aliphatic heterocycles. The van der Waals surface area contributed by atoms with Crippen LogP contribution in [0.2, 0.25) is 0 Å². The first kappa shape index (κ1) is 17.5. The third kappa shape index (κ3) is 3.26. The fraction of sp³-hybridized carbons (Fsp3) is 0.333. The highest BCUT2D eigenvalue weighted by molar-refractivity contribution is 5.90. The number of carbonyl (C=O) groups is 1. The van der Waals surface area contributed by atoms with Crippen LogP contribution in [0.5, 0.6) is 0 Å². The van der Waals surface area contributed by atoms with E-state index in [1.807, 2.05) is 6.07 Å². The minimum absolute atomic E-state index is 0.0230. The van der Waals surface area contributed by atoms with Crippen LogP contribution in [0.25, 0.3) is 0 Å². The van der Waals surface area contributed by atoms with Crippen LogP contribution in [-0.4, -0.2) is 33.8 Å². The molecule has 2 unspecified atom stereocenters. The van der Waals surface area contributed by atoms with Gasteiger partial charge >= 0.3 is 6.03 Å². The summed E-state index contributed by atoms with van der Waals surface area (Å²) < 4.78 is 15.3. The summed E-state index contributed by atoms with van der Waals surface area (Å²) in [4.78, 5) is 26.4. The number of urea groups is 1. The summed E-state index contributed by atoms with van der Waals surface area (Å²) >= 11 is 0. The number of carbonyl (C=O) groups excluding carboxylic acids is 1. The van der Waals surface area contributed by atoms with E-state index in [9.17, 15) is 19.2 Å². The Hall–Kier alpha value is -2.91. The molecule has 1 saturated heterocycles. The Labute approximate surface area is 154 Å². The number of nitrogens with one attached hydrogen (secondary N) is 1. The van der Waals surface area contributed by atoms with Gasteiger partial charge in [0.1, 0.15) is 5.82 Å². The number of hydrogen-bond acceptors (Lipinski definition) is 5. The summed E-state index contributed by atoms with van der Waals surface area (Å²) in [5.41, 5.74) is 0.544. The normalized spacial score (nSPS) is 20.8. The van der Waals surface area contributed by atoms with E-state index >= 15 is 0 Å². The van der Waals surface area contributed by atoms with E-state index < -0.39 is 16.7 Å². The summed E-state index contributed by atoms with van der Waals surface area (Å²) in [6, 6.07) is 8.21. The third-order valence-electron chi connectivity index (χ3n) is 5.17. The number of benzene rings is 1. The van der Waals surface area contributed by atoms with Crippen molar-refractivity contribution < 1.29 is 14.4 Å². The number of pyridine rings is 1. The molecule has 4 rings (SSSR count). The minimum atomic E-state index is -0.889. The van der Waals surface area contributed by atoms with Crippen LogP contribution in [0.15, 0.2) is 41.2 Å². The molecule has 0 spiro atoms. The zero-order valence-electron chi connectivity index (χ0n) is 14.3. The van der Waals surface area contributed by atoms with Crippen molar-refractivity contribution in [3.63, 3.8) is 0 Å². The van der Waals surface area contributed by atoms with Gasteiger partial charge in [0, 0.05) is 43.0 Å². The van der Waals surface area contributed by atoms with Gasteiger partial charge in [-0.25, -0.2) is 9.18 Å². The van der Waals surface area contributed by atoms with Gasteiger partial charge in [-0.1, -0.05) is 6.07 Å². The second-order valence-electron chi connectivity index (χ2n) is 6.97. The molecule has 2 aromatic rings. The van der Waals surface area contributed by atoms with Crippen LogP contribution in [0, 0.1) is 16.9 Å². The van der Waals surface area contributed by atoms with Crippen LogP contribution in [-0.2, 0) is 6.54 Å². The van der Waals surface area contributed by atoms with Gasteiger partial charge in [-0.15, -0.1) is 0 Å². The number of amides is 2. The summed E-state index contributed by atoms with van der Waals surface area (Å²) in [5, 5.41) is 21.9. The van der Waals surface area contributed by atoms with Crippen molar-refractivity contribution in [3.8, 4) is 0 Å². The standard InChI is InChI=1S/C18H18FN4O4/c19-14-5-4-13(7-16(14)23(26)27)20-18(25)21-8-11-6-12(10-21)15-2-1-3-17(24)22(15)9-11/h1-5,7,11-12,26H,6,8-10H2,(H,20,25)/q-1. The van der Waals surface area contributed by atoms with Crippen molar-refractivity contribution in [1.29, 1.82) is 0 Å². The molecule has 1 aromatic carbocycles. The van der Waals surface area contributed by atoms with Crippen molar-refractivity contribution >= 4 is 17.4 Å². The Kier molecular flexibility index (Phi) is 4.33. The Morgan fingerprint density at radius 2 is 2.07 bits per heavy atom. The molecule has 1 aromatic heterocycles. The fourth-order valence-electron chi connectivity index (χ4n) is 4.00. The molecule has 2 N–H and O–H groups in total. The molecule has 0 radical (unpaired) electrons. The number of fused-ring (bicyclic) bond motifs is 4. The highest BCUT2D eigenvalue weighted by atomic mass is 19.1. The summed E-state index contributed by atoms with van der Waals surface area (Å²) in [6.45, 7) is 1.55. The average Bonchev–Trinajstić information content (AvgIpc) is 2.64. The fourth-order valence-corrected chi connectivity index (χ4v) is 4.00. The molecule has 3 heterocycles.